The van der Waals surface area contributed by atoms with Gasteiger partial charge in [0.05, 0.1) is 26.5 Å². The Balaban J connectivity index is 1.49. The largest absolute Gasteiger partial charge is 0.497 e. The van der Waals surface area contributed by atoms with Crippen LogP contribution in [0, 0.1) is 0 Å². The summed E-state index contributed by atoms with van der Waals surface area (Å²) in [5.41, 5.74) is 3.40. The number of carbonyl (C=O) groups is 1. The van der Waals surface area contributed by atoms with Gasteiger partial charge in [-0.05, 0) is 42.0 Å². The molecular weight excluding hydrogens is 418 g/mol. The maximum Gasteiger partial charge on any atom is 0.322 e. The van der Waals surface area contributed by atoms with E-state index >= 15 is 0 Å². The highest BCUT2D eigenvalue weighted by molar-refractivity contribution is 6.03. The first kappa shape index (κ1) is 22.2. The Morgan fingerprint density at radius 1 is 1.03 bits per heavy atom. The number of methoxy groups -OCH3 is 2. The van der Waals surface area contributed by atoms with Gasteiger partial charge in [-0.1, -0.05) is 47.6 Å². The number of hydrogen-bond acceptors (Lipinski definition) is 5. The molecule has 1 atom stereocenters. The lowest BCUT2D eigenvalue weighted by Crippen LogP contribution is -2.40. The Bertz CT molecular complexity index is 1120. The molecule has 2 amide bonds. The predicted molar refractivity (Wildman–Crippen MR) is 128 cm³/mol. The number of hydrogen-bond donors (Lipinski definition) is 1. The maximum absolute atomic E-state index is 13.2. The molecule has 0 aromatic heterocycles. The van der Waals surface area contributed by atoms with E-state index < -0.39 is 0 Å². The quantitative estimate of drug-likeness (QED) is 0.534. The van der Waals surface area contributed by atoms with Crippen molar-refractivity contribution < 1.29 is 19.1 Å². The molecule has 0 bridgehead atoms. The smallest absolute Gasteiger partial charge is 0.322 e. The summed E-state index contributed by atoms with van der Waals surface area (Å²) in [6.45, 7) is 0.776. The van der Waals surface area contributed by atoms with E-state index in [-0.39, 0.29) is 12.1 Å². The van der Waals surface area contributed by atoms with E-state index in [1.54, 1.807) is 19.1 Å². The van der Waals surface area contributed by atoms with E-state index in [9.17, 15) is 4.79 Å². The third-order valence-electron chi connectivity index (χ3n) is 5.39. The second-order valence-electron chi connectivity index (χ2n) is 7.70. The monoisotopic (exact) mass is 445 g/mol. The first-order valence-electron chi connectivity index (χ1n) is 10.8. The van der Waals surface area contributed by atoms with E-state index in [4.69, 9.17) is 14.3 Å². The lowest BCUT2D eigenvalue weighted by Gasteiger charge is -2.25. The summed E-state index contributed by atoms with van der Waals surface area (Å²) in [4.78, 5) is 20.6. The fourth-order valence-corrected chi connectivity index (χ4v) is 3.75. The lowest BCUT2D eigenvalue weighted by molar-refractivity contribution is 0.0608. The van der Waals surface area contributed by atoms with E-state index in [0.717, 1.165) is 34.0 Å². The topological polar surface area (TPSA) is 72.4 Å². The number of urea groups is 1. The highest BCUT2D eigenvalue weighted by Crippen LogP contribution is 2.25. The van der Waals surface area contributed by atoms with Gasteiger partial charge in [0, 0.05) is 24.2 Å². The molecule has 33 heavy (non-hydrogen) atoms. The molecule has 7 nitrogen and oxygen atoms in total. The van der Waals surface area contributed by atoms with Crippen molar-refractivity contribution in [3.8, 4) is 11.5 Å². The molecule has 1 aliphatic rings. The molecule has 7 heteroatoms. The Kier molecular flexibility index (Phi) is 7.09. The van der Waals surface area contributed by atoms with Gasteiger partial charge in [-0.3, -0.25) is 0 Å². The Labute approximate surface area is 193 Å². The fourth-order valence-electron chi connectivity index (χ4n) is 3.75. The van der Waals surface area contributed by atoms with Gasteiger partial charge in [-0.15, -0.1) is 0 Å². The highest BCUT2D eigenvalue weighted by atomic mass is 16.6. The van der Waals surface area contributed by atoms with Gasteiger partial charge < -0.3 is 24.5 Å². The van der Waals surface area contributed by atoms with Gasteiger partial charge >= 0.3 is 6.03 Å². The van der Waals surface area contributed by atoms with E-state index in [0.29, 0.717) is 19.5 Å². The molecule has 0 spiro atoms. The van der Waals surface area contributed by atoms with Crippen LogP contribution in [0.15, 0.2) is 84.0 Å². The molecule has 0 aliphatic carbocycles. The van der Waals surface area contributed by atoms with Crippen molar-refractivity contribution in [1.82, 2.24) is 4.90 Å². The number of nitrogens with one attached hydrogen (secondary N) is 1. The zero-order valence-electron chi connectivity index (χ0n) is 18.7. The zero-order chi connectivity index (χ0) is 23.0. The third-order valence-corrected chi connectivity index (χ3v) is 5.39. The fraction of sp³-hybridized carbons (Fsp3) is 0.231. The van der Waals surface area contributed by atoms with Gasteiger partial charge in [0.2, 0.25) is 0 Å². The van der Waals surface area contributed by atoms with Crippen LogP contribution in [0.4, 0.5) is 10.5 Å². The number of anilines is 1. The minimum atomic E-state index is -0.267. The second kappa shape index (κ2) is 10.5. The lowest BCUT2D eigenvalue weighted by atomic mass is 10.0. The molecule has 1 unspecified atom stereocenters. The van der Waals surface area contributed by atoms with Gasteiger partial charge in [0.15, 0.2) is 6.10 Å². The van der Waals surface area contributed by atoms with Crippen molar-refractivity contribution in [1.29, 1.82) is 0 Å². The van der Waals surface area contributed by atoms with Crippen LogP contribution in [0.1, 0.15) is 17.5 Å². The second-order valence-corrected chi connectivity index (χ2v) is 7.70. The molecule has 3 aromatic rings. The van der Waals surface area contributed by atoms with Crippen LogP contribution in [0.2, 0.25) is 0 Å². The summed E-state index contributed by atoms with van der Waals surface area (Å²) in [7, 11) is 3.26. The van der Waals surface area contributed by atoms with Gasteiger partial charge in [0.1, 0.15) is 11.5 Å². The first-order chi connectivity index (χ1) is 16.2. The minimum Gasteiger partial charge on any atom is -0.497 e. The third kappa shape index (κ3) is 5.63. The van der Waals surface area contributed by atoms with E-state index in [1.807, 2.05) is 78.9 Å². The number of ether oxygens (including phenoxy) is 2. The molecule has 170 valence electrons. The van der Waals surface area contributed by atoms with Crippen molar-refractivity contribution in [2.24, 2.45) is 5.16 Å². The van der Waals surface area contributed by atoms with Crippen LogP contribution in [0.25, 0.3) is 0 Å². The summed E-state index contributed by atoms with van der Waals surface area (Å²) < 4.78 is 10.8. The standard InChI is InChI=1S/C26H27N3O4/c1-31-21-12-8-9-19(15-21)17-29(26(30)27-20-10-4-3-5-11-20)18-22-16-24(28-33-22)23-13-6-7-14-25(23)32-2/h3-15,22H,16-18H2,1-2H3,(H,27,30). The number of para-hydroxylation sites is 2. The Morgan fingerprint density at radius 2 is 1.82 bits per heavy atom. The molecule has 4 rings (SSSR count). The van der Waals surface area contributed by atoms with E-state index in [2.05, 4.69) is 10.5 Å². The average molecular weight is 446 g/mol. The SMILES string of the molecule is COc1cccc(CN(CC2CC(c3ccccc3OC)=NO2)C(=O)Nc2ccccc2)c1. The molecule has 0 saturated heterocycles. The minimum absolute atomic E-state index is 0.210. The summed E-state index contributed by atoms with van der Waals surface area (Å²) in [5.74, 6) is 1.49. The number of carbonyl (C=O) groups excluding carboxylic acids is 1. The van der Waals surface area contributed by atoms with Crippen LogP contribution in [0.5, 0.6) is 11.5 Å². The molecule has 1 heterocycles. The van der Waals surface area contributed by atoms with Crippen molar-refractivity contribution in [2.75, 3.05) is 26.1 Å². The molecule has 1 N–H and O–H groups in total. The number of benzene rings is 3. The average Bonchev–Trinajstić information content (AvgIpc) is 3.32. The molecule has 0 radical (unpaired) electrons. The zero-order valence-corrected chi connectivity index (χ0v) is 18.7. The Hall–Kier alpha value is -4.00. The molecule has 0 saturated carbocycles. The highest BCUT2D eigenvalue weighted by Gasteiger charge is 2.28. The van der Waals surface area contributed by atoms with Crippen molar-refractivity contribution in [3.05, 3.63) is 90.0 Å². The normalized spacial score (nSPS) is 14.7. The van der Waals surface area contributed by atoms with Crippen LogP contribution in [-0.2, 0) is 11.4 Å². The molecule has 1 aliphatic heterocycles. The number of nitrogens with zero attached hydrogens (tertiary/aromatic N) is 2. The summed E-state index contributed by atoms with van der Waals surface area (Å²) >= 11 is 0. The van der Waals surface area contributed by atoms with Crippen LogP contribution in [-0.4, -0.2) is 43.5 Å². The van der Waals surface area contributed by atoms with Crippen LogP contribution in [0.3, 0.4) is 0 Å². The van der Waals surface area contributed by atoms with Crippen LogP contribution >= 0.6 is 0 Å². The molecule has 0 fully saturated rings. The maximum atomic E-state index is 13.2. The predicted octanol–water partition coefficient (Wildman–Crippen LogP) is 4.93. The first-order valence-corrected chi connectivity index (χ1v) is 10.8. The van der Waals surface area contributed by atoms with Crippen molar-refractivity contribution >= 4 is 17.4 Å². The summed E-state index contributed by atoms with van der Waals surface area (Å²) in [6.07, 6.45) is 0.310. The Morgan fingerprint density at radius 3 is 2.61 bits per heavy atom. The summed E-state index contributed by atoms with van der Waals surface area (Å²) in [5, 5.41) is 7.25. The molecule has 3 aromatic carbocycles. The van der Waals surface area contributed by atoms with Crippen molar-refractivity contribution in [3.63, 3.8) is 0 Å². The number of rotatable bonds is 8. The van der Waals surface area contributed by atoms with Crippen molar-refractivity contribution in [2.45, 2.75) is 19.1 Å². The van der Waals surface area contributed by atoms with Gasteiger partial charge in [0.25, 0.3) is 0 Å². The molecular formula is C26H27N3O4. The van der Waals surface area contributed by atoms with E-state index in [1.165, 1.54) is 0 Å². The van der Waals surface area contributed by atoms with Gasteiger partial charge in [-0.2, -0.15) is 0 Å². The van der Waals surface area contributed by atoms with Crippen LogP contribution < -0.4 is 14.8 Å². The summed E-state index contributed by atoms with van der Waals surface area (Å²) in [6, 6.07) is 24.6. The number of amides is 2. The number of oxime groups is 1. The van der Waals surface area contributed by atoms with Gasteiger partial charge in [-0.25, -0.2) is 4.79 Å².